The van der Waals surface area contributed by atoms with Crippen molar-refractivity contribution in [3.63, 3.8) is 0 Å². The molecule has 0 radical (unpaired) electrons. The van der Waals surface area contributed by atoms with Gasteiger partial charge in [-0.15, -0.1) is 12.4 Å². The zero-order chi connectivity index (χ0) is 17.9. The molecular weight excluding hydrogens is 366 g/mol. The molecule has 0 aliphatic carbocycles. The van der Waals surface area contributed by atoms with Gasteiger partial charge in [0.1, 0.15) is 0 Å². The van der Waals surface area contributed by atoms with Gasteiger partial charge in [-0.05, 0) is 17.5 Å². The summed E-state index contributed by atoms with van der Waals surface area (Å²) in [5.74, 6) is 0.0396. The molecular formula is C19H24ClN5O2. The lowest BCUT2D eigenvalue weighted by molar-refractivity contribution is -0.128. The van der Waals surface area contributed by atoms with Crippen molar-refractivity contribution in [3.8, 4) is 0 Å². The number of hydrogen-bond donors (Lipinski definition) is 3. The number of nitrogens with one attached hydrogen (secondary N) is 3. The lowest BCUT2D eigenvalue weighted by atomic mass is 10.1. The summed E-state index contributed by atoms with van der Waals surface area (Å²) >= 11 is 0. The third kappa shape index (κ3) is 4.14. The van der Waals surface area contributed by atoms with Crippen LogP contribution in [0.15, 0.2) is 24.3 Å². The maximum absolute atomic E-state index is 12.6. The van der Waals surface area contributed by atoms with Crippen LogP contribution in [0.4, 0.5) is 0 Å². The minimum absolute atomic E-state index is 0. The number of H-pyrrole nitrogens is 1. The lowest BCUT2D eigenvalue weighted by Crippen LogP contribution is -2.29. The number of carbonyl (C=O) groups is 2. The van der Waals surface area contributed by atoms with E-state index in [0.29, 0.717) is 31.7 Å². The molecule has 2 aliphatic rings. The Morgan fingerprint density at radius 2 is 2.04 bits per heavy atom. The number of hydrogen-bond acceptors (Lipinski definition) is 4. The van der Waals surface area contributed by atoms with Gasteiger partial charge in [-0.25, -0.2) is 0 Å². The number of fused-ring (bicyclic) bond motifs is 1. The first-order chi connectivity index (χ1) is 12.7. The molecule has 0 saturated carbocycles. The fraction of sp³-hybridized carbons (Fsp3) is 0.421. The number of carbonyl (C=O) groups excluding carboxylic acids is 2. The van der Waals surface area contributed by atoms with Gasteiger partial charge in [-0.2, -0.15) is 5.10 Å². The van der Waals surface area contributed by atoms with E-state index < -0.39 is 0 Å². The van der Waals surface area contributed by atoms with Crippen molar-refractivity contribution in [2.24, 2.45) is 0 Å². The van der Waals surface area contributed by atoms with Gasteiger partial charge in [0.2, 0.25) is 5.91 Å². The van der Waals surface area contributed by atoms with Crippen molar-refractivity contribution < 1.29 is 9.59 Å². The Morgan fingerprint density at radius 1 is 1.22 bits per heavy atom. The van der Waals surface area contributed by atoms with E-state index in [1.807, 2.05) is 29.2 Å². The first kappa shape index (κ1) is 19.4. The monoisotopic (exact) mass is 389 g/mol. The van der Waals surface area contributed by atoms with Gasteiger partial charge in [-0.3, -0.25) is 14.7 Å². The Labute approximate surface area is 164 Å². The number of aromatic amines is 1. The molecule has 2 aliphatic heterocycles. The Balaban J connectivity index is 0.00000210. The van der Waals surface area contributed by atoms with Gasteiger partial charge >= 0.3 is 0 Å². The van der Waals surface area contributed by atoms with Gasteiger partial charge in [-0.1, -0.05) is 24.3 Å². The van der Waals surface area contributed by atoms with Gasteiger partial charge in [0.25, 0.3) is 5.91 Å². The van der Waals surface area contributed by atoms with E-state index in [0.717, 1.165) is 48.3 Å². The summed E-state index contributed by atoms with van der Waals surface area (Å²) in [5, 5.41) is 13.4. The molecule has 1 aromatic carbocycles. The summed E-state index contributed by atoms with van der Waals surface area (Å²) in [7, 11) is 0. The topological polar surface area (TPSA) is 90.1 Å². The Kier molecular flexibility index (Phi) is 6.13. The zero-order valence-corrected chi connectivity index (χ0v) is 15.9. The van der Waals surface area contributed by atoms with Crippen molar-refractivity contribution in [1.29, 1.82) is 0 Å². The summed E-state index contributed by atoms with van der Waals surface area (Å²) in [6.07, 6.45) is 2.43. The van der Waals surface area contributed by atoms with Crippen LogP contribution in [0, 0.1) is 0 Å². The number of benzene rings is 1. The third-order valence-electron chi connectivity index (χ3n) is 5.11. The van der Waals surface area contributed by atoms with Crippen LogP contribution in [0.3, 0.4) is 0 Å². The number of likely N-dealkylation sites (tertiary alicyclic amines) is 1. The highest BCUT2D eigenvalue weighted by atomic mass is 35.5. The van der Waals surface area contributed by atoms with Gasteiger partial charge in [0.15, 0.2) is 5.69 Å². The number of nitrogens with zero attached hydrogens (tertiary/aromatic N) is 2. The van der Waals surface area contributed by atoms with Crippen LogP contribution in [0.25, 0.3) is 0 Å². The molecule has 0 atom stereocenters. The van der Waals surface area contributed by atoms with Gasteiger partial charge < -0.3 is 15.5 Å². The van der Waals surface area contributed by atoms with Crippen LogP contribution in [0.1, 0.15) is 45.7 Å². The average molecular weight is 390 g/mol. The van der Waals surface area contributed by atoms with Crippen LogP contribution < -0.4 is 10.6 Å². The second-order valence-corrected chi connectivity index (χ2v) is 6.83. The smallest absolute Gasteiger partial charge is 0.272 e. The zero-order valence-electron chi connectivity index (χ0n) is 15.1. The molecule has 2 amide bonds. The molecule has 4 rings (SSSR count). The van der Waals surface area contributed by atoms with E-state index >= 15 is 0 Å². The highest BCUT2D eigenvalue weighted by Crippen LogP contribution is 2.18. The summed E-state index contributed by atoms with van der Waals surface area (Å²) in [4.78, 5) is 26.3. The molecule has 7 nitrogen and oxygen atoms in total. The van der Waals surface area contributed by atoms with Crippen molar-refractivity contribution in [1.82, 2.24) is 25.7 Å². The Bertz CT molecular complexity index is 835. The SMILES string of the molecule is Cl.O=C(NCc1ccccc1CN1CCCC1=O)c1n[nH]c2c1CNCC2. The summed E-state index contributed by atoms with van der Waals surface area (Å²) in [5.41, 5.74) is 4.59. The van der Waals surface area contributed by atoms with Crippen LogP contribution >= 0.6 is 12.4 Å². The van der Waals surface area contributed by atoms with Crippen molar-refractivity contribution in [3.05, 3.63) is 52.3 Å². The van der Waals surface area contributed by atoms with E-state index in [2.05, 4.69) is 20.8 Å². The van der Waals surface area contributed by atoms with E-state index in [9.17, 15) is 9.59 Å². The predicted octanol–water partition coefficient (Wildman–Crippen LogP) is 1.53. The summed E-state index contributed by atoms with van der Waals surface area (Å²) < 4.78 is 0. The molecule has 3 N–H and O–H groups in total. The number of amides is 2. The summed E-state index contributed by atoms with van der Waals surface area (Å²) in [6, 6.07) is 7.94. The maximum Gasteiger partial charge on any atom is 0.272 e. The molecule has 0 bridgehead atoms. The lowest BCUT2D eigenvalue weighted by Gasteiger charge is -2.18. The number of rotatable bonds is 5. The molecule has 8 heteroatoms. The minimum atomic E-state index is -0.168. The second kappa shape index (κ2) is 8.54. The van der Waals surface area contributed by atoms with Crippen molar-refractivity contribution in [2.75, 3.05) is 13.1 Å². The standard InChI is InChI=1S/C19H23N5O2.ClH/c25-17-6-3-9-24(17)12-14-5-2-1-4-13(14)10-21-19(26)18-15-11-20-8-7-16(15)22-23-18;/h1-2,4-5,20H,3,6-12H2,(H,21,26)(H,22,23);1H. The van der Waals surface area contributed by atoms with E-state index in [-0.39, 0.29) is 24.2 Å². The summed E-state index contributed by atoms with van der Waals surface area (Å²) in [6.45, 7) is 3.41. The van der Waals surface area contributed by atoms with E-state index in [1.54, 1.807) is 0 Å². The highest BCUT2D eigenvalue weighted by Gasteiger charge is 2.23. The molecule has 1 saturated heterocycles. The molecule has 3 heterocycles. The van der Waals surface area contributed by atoms with E-state index in [4.69, 9.17) is 0 Å². The molecule has 27 heavy (non-hydrogen) atoms. The van der Waals surface area contributed by atoms with Crippen LogP contribution in [-0.2, 0) is 30.8 Å². The Morgan fingerprint density at radius 3 is 2.81 bits per heavy atom. The van der Waals surface area contributed by atoms with Crippen LogP contribution in [0.5, 0.6) is 0 Å². The molecule has 0 spiro atoms. The normalized spacial score (nSPS) is 16.0. The third-order valence-corrected chi connectivity index (χ3v) is 5.11. The van der Waals surface area contributed by atoms with Crippen molar-refractivity contribution >= 4 is 24.2 Å². The Hall–Kier alpha value is -2.38. The minimum Gasteiger partial charge on any atom is -0.347 e. The maximum atomic E-state index is 12.6. The highest BCUT2D eigenvalue weighted by molar-refractivity contribution is 5.94. The molecule has 1 aromatic heterocycles. The van der Waals surface area contributed by atoms with E-state index in [1.165, 1.54) is 0 Å². The first-order valence-electron chi connectivity index (χ1n) is 9.12. The van der Waals surface area contributed by atoms with Crippen LogP contribution in [-0.4, -0.2) is 40.0 Å². The number of halogens is 1. The largest absolute Gasteiger partial charge is 0.347 e. The molecule has 1 fully saturated rings. The number of aromatic nitrogens is 2. The fourth-order valence-electron chi connectivity index (χ4n) is 3.63. The van der Waals surface area contributed by atoms with Crippen molar-refractivity contribution in [2.45, 2.75) is 38.9 Å². The predicted molar refractivity (Wildman–Crippen MR) is 104 cm³/mol. The molecule has 2 aromatic rings. The average Bonchev–Trinajstić information content (AvgIpc) is 3.27. The van der Waals surface area contributed by atoms with Gasteiger partial charge in [0.05, 0.1) is 0 Å². The molecule has 144 valence electrons. The fourth-order valence-corrected chi connectivity index (χ4v) is 3.63. The van der Waals surface area contributed by atoms with Gasteiger partial charge in [0, 0.05) is 56.8 Å². The second-order valence-electron chi connectivity index (χ2n) is 6.83. The van der Waals surface area contributed by atoms with Crippen LogP contribution in [0.2, 0.25) is 0 Å². The first-order valence-corrected chi connectivity index (χ1v) is 9.12. The molecule has 0 unspecified atom stereocenters. The quantitative estimate of drug-likeness (QED) is 0.723.